The third-order valence-corrected chi connectivity index (χ3v) is 18.1. The van der Waals surface area contributed by atoms with Crippen molar-refractivity contribution in [3.05, 3.63) is 113 Å². The molecule has 11 atom stereocenters. The van der Waals surface area contributed by atoms with Gasteiger partial charge >= 0.3 is 0 Å². The number of fused-ring (bicyclic) bond motifs is 1. The average Bonchev–Trinajstić information content (AvgIpc) is 1.71. The van der Waals surface area contributed by atoms with E-state index in [1.165, 1.54) is 24.2 Å². The van der Waals surface area contributed by atoms with E-state index in [4.69, 9.17) is 51.2 Å². The quantitative estimate of drug-likeness (QED) is 0.00547. The summed E-state index contributed by atoms with van der Waals surface area (Å²) in [7, 11) is 0. The van der Waals surface area contributed by atoms with Crippen LogP contribution in [0.5, 0.6) is 0 Å². The Morgan fingerprint density at radius 2 is 1.20 bits per heavy atom. The van der Waals surface area contributed by atoms with E-state index in [-0.39, 0.29) is 103 Å². The molecule has 37 nitrogen and oxygen atoms in total. The standard InChI is InChI=1S/C71H100ClN23O14/c1-38(2)30-50-63(103)88-49(69(109)95-29-9-15-56(95)68(108)93-55(36-73)59(74)99)24-28-81-60(100)46(13-7-26-82-70(75)76)85-57(97)23-22-48(62(102)86-47(61(101)89-50)14-8-27-83-71(77)78)87-67(107)54(35-58(98)94-79)92-66(106)53(34-42-10-6-25-80-37-42)91-65(105)52(32-40-17-20-45(72)21-18-40)90-64(104)51(84-39(3)96)33-41-16-19-43-11-4-5-12-44(43)31-41/h4-6,10-12,16-21,25,31,37-38,46-56H,7-9,13-15,22-24,26-30,32-36,73,79H2,1-3H3,(H2,74,99)(H,81,100)(H,84,96)(H,85,97)(H,86,102)(H,87,107)(H,88,103)(H,89,101)(H,90,104)(H,91,105)(H,92,106)(H,93,108)(H,94,98)(H4,75,76,82)(H4,77,78,83)/t46-,47+,48-,49-,50-,51+,52+,53+,54-,55?,56-/m0/s1. The first-order chi connectivity index (χ1) is 51.9. The van der Waals surface area contributed by atoms with Gasteiger partial charge in [0.15, 0.2) is 11.9 Å². The van der Waals surface area contributed by atoms with Crippen molar-refractivity contribution in [3.63, 3.8) is 0 Å². The van der Waals surface area contributed by atoms with Crippen LogP contribution >= 0.6 is 11.6 Å². The summed E-state index contributed by atoms with van der Waals surface area (Å²) in [5.74, 6) is -8.53. The third kappa shape index (κ3) is 28.6. The summed E-state index contributed by atoms with van der Waals surface area (Å²) >= 11 is 6.25. The number of hydrogen-bond acceptors (Lipinski definition) is 19. The van der Waals surface area contributed by atoms with Gasteiger partial charge in [-0.15, -0.1) is 0 Å². The summed E-state index contributed by atoms with van der Waals surface area (Å²) in [5, 5.41) is 51.6. The van der Waals surface area contributed by atoms with Crippen LogP contribution in [0, 0.1) is 16.7 Å². The molecule has 0 saturated carbocycles. The second kappa shape index (κ2) is 43.3. The Hall–Kier alpha value is -11.6. The van der Waals surface area contributed by atoms with Crippen LogP contribution in [0.1, 0.15) is 108 Å². The predicted octanol–water partition coefficient (Wildman–Crippen LogP) is -4.53. The molecular weight excluding hydrogens is 1430 g/mol. The number of carbonyl (C=O) groups excluding carboxylic acids is 14. The van der Waals surface area contributed by atoms with E-state index in [0.717, 1.165) is 10.8 Å². The monoisotopic (exact) mass is 1530 g/mol. The smallest absolute Gasteiger partial charge is 0.245 e. The molecule has 1 unspecified atom stereocenters. The Morgan fingerprint density at radius 1 is 0.624 bits per heavy atom. The van der Waals surface area contributed by atoms with Crippen molar-refractivity contribution in [1.29, 1.82) is 10.8 Å². The molecular formula is C71H100ClN23O14. The van der Waals surface area contributed by atoms with E-state index in [1.54, 1.807) is 56.3 Å². The molecule has 0 spiro atoms. The lowest BCUT2D eigenvalue weighted by molar-refractivity contribution is -0.142. The Labute approximate surface area is 634 Å². The third-order valence-electron chi connectivity index (χ3n) is 17.9. The van der Waals surface area contributed by atoms with E-state index in [9.17, 15) is 52.7 Å². The van der Waals surface area contributed by atoms with Gasteiger partial charge in [-0.1, -0.05) is 86.1 Å². The molecule has 14 amide bonds. The normalized spacial score (nSPS) is 19.4. The number of rotatable bonds is 32. The van der Waals surface area contributed by atoms with Gasteiger partial charge in [0, 0.05) is 82.7 Å². The number of hydrazine groups is 1. The first kappa shape index (κ1) is 86.3. The highest BCUT2D eigenvalue weighted by Gasteiger charge is 2.41. The number of halogens is 1. The number of aromatic nitrogens is 1. The van der Waals surface area contributed by atoms with Crippen LogP contribution in [0.3, 0.4) is 0 Å². The van der Waals surface area contributed by atoms with Gasteiger partial charge in [-0.2, -0.15) is 0 Å². The van der Waals surface area contributed by atoms with E-state index in [1.807, 2.05) is 41.8 Å². The molecule has 109 heavy (non-hydrogen) atoms. The summed E-state index contributed by atoms with van der Waals surface area (Å²) in [5.41, 5.74) is 25.7. The number of guanidine groups is 2. The number of likely N-dealkylation sites (tertiary alicyclic amines) is 1. The van der Waals surface area contributed by atoms with Gasteiger partial charge < -0.3 is 97.0 Å². The molecule has 0 radical (unpaired) electrons. The van der Waals surface area contributed by atoms with Gasteiger partial charge in [0.25, 0.3) is 0 Å². The largest absolute Gasteiger partial charge is 0.370 e. The SMILES string of the molecule is CC(=O)N[C@H](Cc1ccc2ccccc2c1)C(=O)N[C@H](Cc1ccc(Cl)cc1)C(=O)N[C@H](Cc1cccnc1)C(=O)N[C@@H](CC(=O)NN)C(=O)N[C@H]1CCC(=O)N[C@@H](CCCNC(=N)N)C(=O)NCC[C@@H](C(=O)N2CCC[C@H]2C(=O)NC(CN)C(N)=O)NC(=O)[C@H](CC(C)C)NC(=O)[C@@H](CCCNC(=N)N)NC1=O. The van der Waals surface area contributed by atoms with Crippen LogP contribution in [0.15, 0.2) is 91.3 Å². The van der Waals surface area contributed by atoms with Crippen molar-refractivity contribution >= 4 is 117 Å². The molecule has 4 aromatic rings. The predicted molar refractivity (Wildman–Crippen MR) is 400 cm³/mol. The fourth-order valence-corrected chi connectivity index (χ4v) is 12.4. The Kier molecular flexibility index (Phi) is 34.3. The van der Waals surface area contributed by atoms with Gasteiger partial charge in [0.1, 0.15) is 66.5 Å². The molecule has 3 heterocycles. The van der Waals surface area contributed by atoms with E-state index >= 15 is 14.4 Å². The zero-order valence-electron chi connectivity index (χ0n) is 60.9. The number of amides is 14. The highest BCUT2D eigenvalue weighted by molar-refractivity contribution is 6.30. The van der Waals surface area contributed by atoms with Crippen LogP contribution < -0.4 is 103 Å². The molecule has 3 aromatic carbocycles. The van der Waals surface area contributed by atoms with Crippen LogP contribution in [-0.4, -0.2) is 204 Å². The molecule has 6 rings (SSSR count). The van der Waals surface area contributed by atoms with E-state index in [2.05, 4.69) is 74.1 Å². The molecule has 38 heteroatoms. The minimum absolute atomic E-state index is 0.00632. The molecule has 0 aliphatic carbocycles. The summed E-state index contributed by atoms with van der Waals surface area (Å²) in [6, 6.07) is 5.83. The number of pyridine rings is 1. The fourth-order valence-electron chi connectivity index (χ4n) is 12.3. The van der Waals surface area contributed by atoms with Crippen molar-refractivity contribution in [3.8, 4) is 0 Å². The topological polar surface area (TPSA) is 601 Å². The Bertz CT molecular complexity index is 3910. The number of hydrogen-bond donors (Lipinski definition) is 21. The van der Waals surface area contributed by atoms with E-state index < -0.39 is 180 Å². The Morgan fingerprint density at radius 3 is 1.79 bits per heavy atom. The molecule has 26 N–H and O–H groups in total. The number of benzene rings is 3. The average molecular weight is 1540 g/mol. The van der Waals surface area contributed by atoms with Gasteiger partial charge in [-0.3, -0.25) is 88.4 Å². The van der Waals surface area contributed by atoms with Crippen LogP contribution in [-0.2, 0) is 86.4 Å². The number of primary amides is 1. The first-order valence-electron chi connectivity index (χ1n) is 35.7. The molecule has 0 bridgehead atoms. The molecule has 2 aliphatic rings. The molecule has 2 saturated heterocycles. The lowest BCUT2D eigenvalue weighted by Crippen LogP contribution is -2.61. The van der Waals surface area contributed by atoms with Crippen molar-refractivity contribution in [2.45, 2.75) is 177 Å². The highest BCUT2D eigenvalue weighted by atomic mass is 35.5. The number of nitrogens with one attached hydrogen (secondary N) is 16. The van der Waals surface area contributed by atoms with Crippen LogP contribution in [0.2, 0.25) is 5.02 Å². The van der Waals surface area contributed by atoms with Gasteiger partial charge in [-0.05, 0) is 109 Å². The number of nitrogens with two attached hydrogens (primary N) is 5. The number of carbonyl (C=O) groups is 14. The summed E-state index contributed by atoms with van der Waals surface area (Å²) in [4.78, 5) is 205. The van der Waals surface area contributed by atoms with Crippen molar-refractivity contribution in [2.24, 2.45) is 34.7 Å². The van der Waals surface area contributed by atoms with Crippen molar-refractivity contribution in [1.82, 2.24) is 84.4 Å². The van der Waals surface area contributed by atoms with Crippen molar-refractivity contribution < 1.29 is 67.1 Å². The minimum Gasteiger partial charge on any atom is -0.370 e. The van der Waals surface area contributed by atoms with Gasteiger partial charge in [-0.25, -0.2) is 5.84 Å². The maximum atomic E-state index is 15.1. The van der Waals surface area contributed by atoms with E-state index in [0.29, 0.717) is 28.1 Å². The van der Waals surface area contributed by atoms with Crippen LogP contribution in [0.25, 0.3) is 10.8 Å². The van der Waals surface area contributed by atoms with Gasteiger partial charge in [0.2, 0.25) is 82.7 Å². The minimum atomic E-state index is -1.99. The highest BCUT2D eigenvalue weighted by Crippen LogP contribution is 2.22. The molecule has 2 fully saturated rings. The lowest BCUT2D eigenvalue weighted by atomic mass is 9.99. The number of nitrogens with zero attached hydrogens (tertiary/aromatic N) is 2. The molecule has 2 aliphatic heterocycles. The first-order valence-corrected chi connectivity index (χ1v) is 36.1. The summed E-state index contributed by atoms with van der Waals surface area (Å²) in [6.45, 7) is 4.01. The maximum absolute atomic E-state index is 15.1. The summed E-state index contributed by atoms with van der Waals surface area (Å²) < 4.78 is 0. The zero-order chi connectivity index (χ0) is 79.9. The van der Waals surface area contributed by atoms with Crippen LogP contribution in [0.4, 0.5) is 0 Å². The van der Waals surface area contributed by atoms with Crippen molar-refractivity contribution in [2.75, 3.05) is 32.7 Å². The fraction of sp³-hybridized carbons (Fsp3) is 0.479. The second-order valence-corrected chi connectivity index (χ2v) is 27.4. The second-order valence-electron chi connectivity index (χ2n) is 27.0. The Balaban J connectivity index is 1.36. The summed E-state index contributed by atoms with van der Waals surface area (Å²) in [6.07, 6.45) is -0.180. The molecule has 590 valence electrons. The molecule has 1 aromatic heterocycles. The lowest BCUT2D eigenvalue weighted by Gasteiger charge is -2.31. The maximum Gasteiger partial charge on any atom is 0.245 e. The zero-order valence-corrected chi connectivity index (χ0v) is 61.7. The van der Waals surface area contributed by atoms with Gasteiger partial charge in [0.05, 0.1) is 6.42 Å².